The summed E-state index contributed by atoms with van der Waals surface area (Å²) in [5.74, 6) is -0.724. The molecule has 1 atom stereocenters. The number of carbonyl (C=O) groups is 1. The Morgan fingerprint density at radius 3 is 2.53 bits per heavy atom. The maximum Gasteiger partial charge on any atom is 0.310 e. The molecule has 2 fully saturated rings. The molecule has 0 aromatic heterocycles. The van der Waals surface area contributed by atoms with Gasteiger partial charge in [-0.1, -0.05) is 0 Å². The molecule has 2 aliphatic heterocycles. The van der Waals surface area contributed by atoms with E-state index in [0.717, 1.165) is 6.42 Å². The lowest BCUT2D eigenvalue weighted by atomic mass is 10.0. The number of ether oxygens (including phenoxy) is 1. The van der Waals surface area contributed by atoms with E-state index in [0.29, 0.717) is 49.2 Å². The smallest absolute Gasteiger partial charge is 0.310 e. The summed E-state index contributed by atoms with van der Waals surface area (Å²) in [6, 6.07) is 3.20. The van der Waals surface area contributed by atoms with Crippen LogP contribution in [0.1, 0.15) is 43.7 Å². The summed E-state index contributed by atoms with van der Waals surface area (Å²) in [7, 11) is -7.20. The van der Waals surface area contributed by atoms with E-state index in [1.54, 1.807) is 32.9 Å². The minimum atomic E-state index is -3.82. The van der Waals surface area contributed by atoms with Crippen molar-refractivity contribution in [3.05, 3.63) is 23.3 Å². The van der Waals surface area contributed by atoms with Crippen molar-refractivity contribution in [1.29, 1.82) is 0 Å². The number of piperidine rings is 1. The second-order valence-electron chi connectivity index (χ2n) is 7.95. The van der Waals surface area contributed by atoms with E-state index in [1.165, 1.54) is 8.61 Å². The van der Waals surface area contributed by atoms with Crippen molar-refractivity contribution < 1.29 is 26.4 Å². The van der Waals surface area contributed by atoms with Gasteiger partial charge in [0.1, 0.15) is 0 Å². The van der Waals surface area contributed by atoms with Gasteiger partial charge in [0.2, 0.25) is 20.0 Å². The van der Waals surface area contributed by atoms with Crippen LogP contribution < -0.4 is 4.31 Å². The predicted molar refractivity (Wildman–Crippen MR) is 114 cm³/mol. The molecule has 0 saturated carbocycles. The molecule has 0 radical (unpaired) electrons. The Morgan fingerprint density at radius 2 is 1.87 bits per heavy atom. The van der Waals surface area contributed by atoms with Crippen LogP contribution in [0.25, 0.3) is 0 Å². The number of anilines is 1. The molecule has 0 aliphatic carbocycles. The minimum absolute atomic E-state index is 0.0991. The summed E-state index contributed by atoms with van der Waals surface area (Å²) in [4.78, 5) is 12.3. The topological polar surface area (TPSA) is 101 Å². The standard InChI is InChI=1S/C20H30N2O6S2/c1-4-28-20(23)17-8-7-9-21(14-17)30(26,27)19-13-15(2)18(12-16(19)3)22-10-5-6-11-29(22,24)25/h12-13,17H,4-11,14H2,1-3H3. The molecule has 168 valence electrons. The molecule has 1 aromatic rings. The number of benzene rings is 1. The van der Waals surface area contributed by atoms with Crippen molar-refractivity contribution in [1.82, 2.24) is 4.31 Å². The van der Waals surface area contributed by atoms with Crippen molar-refractivity contribution in [2.75, 3.05) is 36.3 Å². The SMILES string of the molecule is CCOC(=O)C1CCCN(S(=O)(=O)c2cc(C)c(N3CCCCS3(=O)=O)cc2C)C1. The first-order valence-electron chi connectivity index (χ1n) is 10.4. The highest BCUT2D eigenvalue weighted by molar-refractivity contribution is 7.92. The molecule has 10 heteroatoms. The summed E-state index contributed by atoms with van der Waals surface area (Å²) < 4.78 is 59.5. The number of hydrogen-bond acceptors (Lipinski definition) is 6. The van der Waals surface area contributed by atoms with Crippen molar-refractivity contribution in [3.63, 3.8) is 0 Å². The third-order valence-electron chi connectivity index (χ3n) is 5.73. The molecule has 2 aliphatic rings. The number of esters is 1. The number of aryl methyl sites for hydroxylation is 2. The van der Waals surface area contributed by atoms with Crippen LogP contribution in [0.4, 0.5) is 5.69 Å². The Hall–Kier alpha value is -1.65. The summed E-state index contributed by atoms with van der Waals surface area (Å²) in [5.41, 5.74) is 1.63. The van der Waals surface area contributed by atoms with Gasteiger partial charge in [0.05, 0.1) is 28.9 Å². The monoisotopic (exact) mass is 458 g/mol. The Morgan fingerprint density at radius 1 is 1.13 bits per heavy atom. The van der Waals surface area contributed by atoms with Gasteiger partial charge in [-0.3, -0.25) is 9.10 Å². The maximum absolute atomic E-state index is 13.3. The molecule has 0 spiro atoms. The van der Waals surface area contributed by atoms with Crippen LogP contribution in [0, 0.1) is 19.8 Å². The van der Waals surface area contributed by atoms with Gasteiger partial charge in [-0.25, -0.2) is 16.8 Å². The number of nitrogens with zero attached hydrogens (tertiary/aromatic N) is 2. The second kappa shape index (κ2) is 8.84. The van der Waals surface area contributed by atoms with Crippen LogP contribution in [0.2, 0.25) is 0 Å². The van der Waals surface area contributed by atoms with Crippen LogP contribution >= 0.6 is 0 Å². The summed E-state index contributed by atoms with van der Waals surface area (Å²) in [6.45, 7) is 6.25. The van der Waals surface area contributed by atoms with Gasteiger partial charge in [-0.2, -0.15) is 4.31 Å². The summed E-state index contributed by atoms with van der Waals surface area (Å²) in [5, 5.41) is 0. The molecule has 3 rings (SSSR count). The van der Waals surface area contributed by atoms with Gasteiger partial charge in [0, 0.05) is 19.6 Å². The van der Waals surface area contributed by atoms with Crippen LogP contribution in [0.15, 0.2) is 17.0 Å². The molecule has 2 heterocycles. The van der Waals surface area contributed by atoms with Gasteiger partial charge in [-0.15, -0.1) is 0 Å². The molecular weight excluding hydrogens is 428 g/mol. The molecule has 1 unspecified atom stereocenters. The van der Waals surface area contributed by atoms with E-state index in [4.69, 9.17) is 4.74 Å². The molecule has 1 aromatic carbocycles. The van der Waals surface area contributed by atoms with E-state index in [9.17, 15) is 21.6 Å². The lowest BCUT2D eigenvalue weighted by Crippen LogP contribution is -2.43. The highest BCUT2D eigenvalue weighted by atomic mass is 32.2. The van der Waals surface area contributed by atoms with E-state index in [-0.39, 0.29) is 29.8 Å². The largest absolute Gasteiger partial charge is 0.466 e. The van der Waals surface area contributed by atoms with Crippen molar-refractivity contribution in [2.45, 2.75) is 51.3 Å². The molecule has 2 saturated heterocycles. The highest BCUT2D eigenvalue weighted by Crippen LogP contribution is 2.33. The van der Waals surface area contributed by atoms with Crippen molar-refractivity contribution in [2.24, 2.45) is 5.92 Å². The third kappa shape index (κ3) is 4.50. The van der Waals surface area contributed by atoms with E-state index < -0.39 is 26.0 Å². The lowest BCUT2D eigenvalue weighted by molar-refractivity contribution is -0.149. The van der Waals surface area contributed by atoms with Crippen LogP contribution in [0.3, 0.4) is 0 Å². The average molecular weight is 459 g/mol. The maximum atomic E-state index is 13.3. The van der Waals surface area contributed by atoms with Gasteiger partial charge >= 0.3 is 5.97 Å². The highest BCUT2D eigenvalue weighted by Gasteiger charge is 2.35. The first-order chi connectivity index (χ1) is 14.1. The lowest BCUT2D eigenvalue weighted by Gasteiger charge is -2.32. The Bertz CT molecular complexity index is 1020. The zero-order valence-electron chi connectivity index (χ0n) is 17.8. The molecule has 0 N–H and O–H groups in total. The molecule has 0 amide bonds. The van der Waals surface area contributed by atoms with Gasteiger partial charge in [0.15, 0.2) is 0 Å². The molecule has 8 nitrogen and oxygen atoms in total. The Labute approximate surface area is 179 Å². The van der Waals surface area contributed by atoms with E-state index in [2.05, 4.69) is 0 Å². The average Bonchev–Trinajstić information content (AvgIpc) is 2.69. The van der Waals surface area contributed by atoms with Crippen molar-refractivity contribution >= 4 is 31.7 Å². The van der Waals surface area contributed by atoms with Crippen LogP contribution in [-0.4, -0.2) is 59.1 Å². The first-order valence-corrected chi connectivity index (χ1v) is 13.4. The first kappa shape index (κ1) is 23.0. The molecule has 30 heavy (non-hydrogen) atoms. The quantitative estimate of drug-likeness (QED) is 0.627. The van der Waals surface area contributed by atoms with Gasteiger partial charge in [0.25, 0.3) is 0 Å². The van der Waals surface area contributed by atoms with Crippen molar-refractivity contribution in [3.8, 4) is 0 Å². The summed E-state index contributed by atoms with van der Waals surface area (Å²) in [6.07, 6.45) is 2.61. The molecular formula is C20H30N2O6S2. The fourth-order valence-corrected chi connectivity index (χ4v) is 7.64. The van der Waals surface area contributed by atoms with E-state index in [1.807, 2.05) is 0 Å². The zero-order chi connectivity index (χ0) is 22.1. The molecule has 0 bridgehead atoms. The minimum Gasteiger partial charge on any atom is -0.466 e. The fraction of sp³-hybridized carbons (Fsp3) is 0.650. The number of carbonyl (C=O) groups excluding carboxylic acids is 1. The number of sulfonamides is 2. The summed E-state index contributed by atoms with van der Waals surface area (Å²) >= 11 is 0. The van der Waals surface area contributed by atoms with E-state index >= 15 is 0 Å². The normalized spacial score (nSPS) is 22.6. The Balaban J connectivity index is 1.91. The second-order valence-corrected chi connectivity index (χ2v) is 11.9. The van der Waals surface area contributed by atoms with Gasteiger partial charge < -0.3 is 4.74 Å². The number of hydrogen-bond donors (Lipinski definition) is 0. The Kier molecular flexibility index (Phi) is 6.78. The van der Waals surface area contributed by atoms with Crippen LogP contribution in [-0.2, 0) is 29.6 Å². The zero-order valence-corrected chi connectivity index (χ0v) is 19.4. The van der Waals surface area contributed by atoms with Gasteiger partial charge in [-0.05, 0) is 69.7 Å². The fourth-order valence-electron chi connectivity index (χ4n) is 4.13. The predicted octanol–water partition coefficient (Wildman–Crippen LogP) is 2.20. The van der Waals surface area contributed by atoms with Crippen LogP contribution in [0.5, 0.6) is 0 Å². The third-order valence-corrected chi connectivity index (χ3v) is 9.60. The number of rotatable bonds is 5.